The van der Waals surface area contributed by atoms with E-state index in [4.69, 9.17) is 4.99 Å². The van der Waals surface area contributed by atoms with Gasteiger partial charge in [-0.25, -0.2) is 4.99 Å². The average molecular weight is 385 g/mol. The SMILES string of the molecule is CCNC(=NCc1ccc(CN2CCC(O)CC2)cc1)N1CCC2(CCC2)C1. The number of guanidine groups is 1. The van der Waals surface area contributed by atoms with E-state index in [9.17, 15) is 5.11 Å². The highest BCUT2D eigenvalue weighted by atomic mass is 16.3. The summed E-state index contributed by atoms with van der Waals surface area (Å²) in [6.45, 7) is 9.12. The molecule has 3 aliphatic rings. The van der Waals surface area contributed by atoms with Gasteiger partial charge in [-0.05, 0) is 55.6 Å². The number of nitrogens with one attached hydrogen (secondary N) is 1. The first-order valence-electron chi connectivity index (χ1n) is 11.2. The van der Waals surface area contributed by atoms with E-state index in [1.807, 2.05) is 0 Å². The third-order valence-electron chi connectivity index (χ3n) is 6.88. The van der Waals surface area contributed by atoms with Gasteiger partial charge in [-0.2, -0.15) is 0 Å². The molecule has 5 nitrogen and oxygen atoms in total. The highest BCUT2D eigenvalue weighted by Gasteiger charge is 2.43. The summed E-state index contributed by atoms with van der Waals surface area (Å²) in [6.07, 6.45) is 7.25. The van der Waals surface area contributed by atoms with E-state index in [0.29, 0.717) is 5.41 Å². The molecule has 154 valence electrons. The highest BCUT2D eigenvalue weighted by Crippen LogP contribution is 2.47. The monoisotopic (exact) mass is 384 g/mol. The van der Waals surface area contributed by atoms with E-state index in [1.165, 1.54) is 43.4 Å². The summed E-state index contributed by atoms with van der Waals surface area (Å²) in [6, 6.07) is 8.92. The van der Waals surface area contributed by atoms with Crippen LogP contribution in [-0.2, 0) is 13.1 Å². The zero-order chi connectivity index (χ0) is 19.4. The van der Waals surface area contributed by atoms with E-state index < -0.39 is 0 Å². The van der Waals surface area contributed by atoms with Crippen LogP contribution in [0.15, 0.2) is 29.3 Å². The summed E-state index contributed by atoms with van der Waals surface area (Å²) in [5.74, 6) is 1.09. The number of benzene rings is 1. The van der Waals surface area contributed by atoms with Gasteiger partial charge in [0.05, 0.1) is 12.6 Å². The summed E-state index contributed by atoms with van der Waals surface area (Å²) in [4.78, 5) is 9.85. The second-order valence-electron chi connectivity index (χ2n) is 9.02. The van der Waals surface area contributed by atoms with Crippen LogP contribution in [0.3, 0.4) is 0 Å². The lowest BCUT2D eigenvalue weighted by molar-refractivity contribution is 0.0792. The fourth-order valence-corrected chi connectivity index (χ4v) is 4.88. The fraction of sp³-hybridized carbons (Fsp3) is 0.696. The smallest absolute Gasteiger partial charge is 0.194 e. The number of likely N-dealkylation sites (tertiary alicyclic amines) is 2. The summed E-state index contributed by atoms with van der Waals surface area (Å²) in [5.41, 5.74) is 3.22. The maximum atomic E-state index is 9.65. The van der Waals surface area contributed by atoms with Gasteiger partial charge in [-0.15, -0.1) is 0 Å². The molecule has 1 saturated carbocycles. The van der Waals surface area contributed by atoms with Crippen molar-refractivity contribution in [3.63, 3.8) is 0 Å². The molecule has 5 heteroatoms. The van der Waals surface area contributed by atoms with Crippen LogP contribution in [0.2, 0.25) is 0 Å². The standard InChI is InChI=1S/C23H36N4O/c1-2-24-22(27-15-12-23(18-27)10-3-11-23)25-16-19-4-6-20(7-5-19)17-26-13-8-21(28)9-14-26/h4-7,21,28H,2-3,8-18H2,1H3,(H,24,25). The van der Waals surface area contributed by atoms with Crippen molar-refractivity contribution in [3.05, 3.63) is 35.4 Å². The van der Waals surface area contributed by atoms with Crippen LogP contribution in [0.5, 0.6) is 0 Å². The number of hydrogen-bond donors (Lipinski definition) is 2. The van der Waals surface area contributed by atoms with Gasteiger partial charge >= 0.3 is 0 Å². The van der Waals surface area contributed by atoms with E-state index >= 15 is 0 Å². The molecular weight excluding hydrogens is 348 g/mol. The Labute approximate surface area is 169 Å². The van der Waals surface area contributed by atoms with Gasteiger partial charge in [0.2, 0.25) is 0 Å². The summed E-state index contributed by atoms with van der Waals surface area (Å²) < 4.78 is 0. The zero-order valence-corrected chi connectivity index (χ0v) is 17.4. The minimum atomic E-state index is -0.0998. The lowest BCUT2D eigenvalue weighted by atomic mass is 9.68. The normalized spacial score (nSPS) is 23.2. The molecule has 0 bridgehead atoms. The Morgan fingerprint density at radius 3 is 2.43 bits per heavy atom. The largest absolute Gasteiger partial charge is 0.393 e. The molecule has 1 aromatic carbocycles. The molecule has 0 unspecified atom stereocenters. The third-order valence-corrected chi connectivity index (χ3v) is 6.88. The number of aliphatic imine (C=N–C) groups is 1. The van der Waals surface area contributed by atoms with Crippen molar-refractivity contribution in [2.75, 3.05) is 32.7 Å². The van der Waals surface area contributed by atoms with Gasteiger partial charge in [-0.3, -0.25) is 4.90 Å². The van der Waals surface area contributed by atoms with Gasteiger partial charge in [0.1, 0.15) is 0 Å². The first-order valence-corrected chi connectivity index (χ1v) is 11.2. The van der Waals surface area contributed by atoms with Crippen LogP contribution in [-0.4, -0.2) is 59.7 Å². The molecule has 0 amide bonds. The summed E-state index contributed by atoms with van der Waals surface area (Å²) in [7, 11) is 0. The molecule has 0 aromatic heterocycles. The fourth-order valence-electron chi connectivity index (χ4n) is 4.88. The van der Waals surface area contributed by atoms with Gasteiger partial charge in [-0.1, -0.05) is 30.7 Å². The first-order chi connectivity index (χ1) is 13.7. The topological polar surface area (TPSA) is 51.1 Å². The van der Waals surface area contributed by atoms with Crippen LogP contribution < -0.4 is 5.32 Å². The van der Waals surface area contributed by atoms with Crippen molar-refractivity contribution in [2.24, 2.45) is 10.4 Å². The second-order valence-corrected chi connectivity index (χ2v) is 9.02. The molecule has 3 fully saturated rings. The molecule has 0 atom stereocenters. The molecule has 2 N–H and O–H groups in total. The maximum absolute atomic E-state index is 9.65. The van der Waals surface area contributed by atoms with Crippen molar-refractivity contribution >= 4 is 5.96 Å². The van der Waals surface area contributed by atoms with Crippen LogP contribution in [0.4, 0.5) is 0 Å². The number of hydrogen-bond acceptors (Lipinski definition) is 3. The predicted octanol–water partition coefficient (Wildman–Crippen LogP) is 2.98. The minimum absolute atomic E-state index is 0.0998. The molecule has 28 heavy (non-hydrogen) atoms. The van der Waals surface area contributed by atoms with Gasteiger partial charge in [0.15, 0.2) is 5.96 Å². The number of rotatable bonds is 5. The van der Waals surface area contributed by atoms with Crippen LogP contribution in [0.25, 0.3) is 0 Å². The molecule has 1 aromatic rings. The predicted molar refractivity (Wildman–Crippen MR) is 114 cm³/mol. The van der Waals surface area contributed by atoms with Gasteiger partial charge in [0.25, 0.3) is 0 Å². The van der Waals surface area contributed by atoms with Crippen molar-refractivity contribution in [2.45, 2.75) is 64.6 Å². The van der Waals surface area contributed by atoms with Crippen molar-refractivity contribution in [3.8, 4) is 0 Å². The van der Waals surface area contributed by atoms with E-state index in [2.05, 4.69) is 46.3 Å². The lowest BCUT2D eigenvalue weighted by Gasteiger charge is -2.38. The molecule has 2 aliphatic heterocycles. The van der Waals surface area contributed by atoms with Crippen molar-refractivity contribution in [1.82, 2.24) is 15.1 Å². The highest BCUT2D eigenvalue weighted by molar-refractivity contribution is 5.80. The molecule has 2 saturated heterocycles. The average Bonchev–Trinajstić information content (AvgIpc) is 3.14. The molecule has 1 spiro atoms. The van der Waals surface area contributed by atoms with E-state index in [0.717, 1.165) is 58.1 Å². The lowest BCUT2D eigenvalue weighted by Crippen LogP contribution is -2.42. The minimum Gasteiger partial charge on any atom is -0.393 e. The molecular formula is C23H36N4O. The zero-order valence-electron chi connectivity index (χ0n) is 17.4. The molecule has 2 heterocycles. The number of aliphatic hydroxyl groups excluding tert-OH is 1. The third kappa shape index (κ3) is 4.69. The number of aliphatic hydroxyl groups is 1. The molecule has 4 rings (SSSR count). The Bertz CT molecular complexity index is 660. The van der Waals surface area contributed by atoms with Crippen LogP contribution >= 0.6 is 0 Å². The quantitative estimate of drug-likeness (QED) is 0.605. The summed E-state index contributed by atoms with van der Waals surface area (Å²) in [5, 5.41) is 13.1. The second kappa shape index (κ2) is 8.83. The Kier molecular flexibility index (Phi) is 6.22. The maximum Gasteiger partial charge on any atom is 0.194 e. The Morgan fingerprint density at radius 2 is 1.82 bits per heavy atom. The first kappa shape index (κ1) is 19.7. The van der Waals surface area contributed by atoms with E-state index in [-0.39, 0.29) is 6.10 Å². The van der Waals surface area contributed by atoms with Crippen LogP contribution in [0.1, 0.15) is 56.6 Å². The van der Waals surface area contributed by atoms with Gasteiger partial charge < -0.3 is 15.3 Å². The van der Waals surface area contributed by atoms with Crippen LogP contribution in [0, 0.1) is 5.41 Å². The summed E-state index contributed by atoms with van der Waals surface area (Å²) >= 11 is 0. The van der Waals surface area contributed by atoms with Crippen molar-refractivity contribution < 1.29 is 5.11 Å². The molecule has 1 aliphatic carbocycles. The Morgan fingerprint density at radius 1 is 1.11 bits per heavy atom. The number of piperidine rings is 1. The Balaban J connectivity index is 1.32. The van der Waals surface area contributed by atoms with Crippen molar-refractivity contribution in [1.29, 1.82) is 0 Å². The van der Waals surface area contributed by atoms with E-state index in [1.54, 1.807) is 0 Å². The number of nitrogens with zero attached hydrogens (tertiary/aromatic N) is 3. The van der Waals surface area contributed by atoms with Gasteiger partial charge in [0, 0.05) is 39.3 Å². The molecule has 0 radical (unpaired) electrons. The Hall–Kier alpha value is -1.59.